The first kappa shape index (κ1) is 17.9. The van der Waals surface area contributed by atoms with Crippen LogP contribution in [0.25, 0.3) is 0 Å². The second-order valence-corrected chi connectivity index (χ2v) is 6.71. The highest BCUT2D eigenvalue weighted by atomic mass is 35.5. The highest BCUT2D eigenvalue weighted by molar-refractivity contribution is 7.89. The van der Waals surface area contributed by atoms with Gasteiger partial charge in [-0.05, 0) is 32.3 Å². The van der Waals surface area contributed by atoms with E-state index in [4.69, 9.17) is 21.6 Å². The van der Waals surface area contributed by atoms with Crippen molar-refractivity contribution in [1.82, 2.24) is 9.62 Å². The highest BCUT2D eigenvalue weighted by Crippen LogP contribution is 2.22. The number of nitrogens with zero attached hydrogens (tertiary/aromatic N) is 2. The number of sulfonamides is 1. The summed E-state index contributed by atoms with van der Waals surface area (Å²) < 4.78 is 31.8. The third-order valence-electron chi connectivity index (χ3n) is 2.57. The van der Waals surface area contributed by atoms with Crippen molar-refractivity contribution in [2.75, 3.05) is 40.4 Å². The Bertz CT molecular complexity index is 612. The molecule has 0 aliphatic heterocycles. The molecular formula is C13H18ClN3O3S. The lowest BCUT2D eigenvalue weighted by Crippen LogP contribution is -2.28. The number of halogens is 1. The number of hydrogen-bond acceptors (Lipinski definition) is 5. The summed E-state index contributed by atoms with van der Waals surface area (Å²) in [5.74, 6) is 0. The number of ether oxygens (including phenoxy) is 1. The summed E-state index contributed by atoms with van der Waals surface area (Å²) in [5, 5.41) is 8.75. The Balaban J connectivity index is 2.53. The van der Waals surface area contributed by atoms with Crippen LogP contribution in [0.4, 0.5) is 0 Å². The van der Waals surface area contributed by atoms with Crippen LogP contribution in [0.2, 0.25) is 5.02 Å². The Hall–Kier alpha value is -1.17. The van der Waals surface area contributed by atoms with Crippen molar-refractivity contribution in [3.63, 3.8) is 0 Å². The maximum absolute atomic E-state index is 12.1. The summed E-state index contributed by atoms with van der Waals surface area (Å²) in [6.07, 6.45) is 0. The van der Waals surface area contributed by atoms with Gasteiger partial charge in [-0.25, -0.2) is 13.1 Å². The molecular weight excluding hydrogens is 314 g/mol. The molecule has 1 aromatic rings. The number of likely N-dealkylation sites (N-methyl/N-ethyl adjacent to an activating group) is 1. The molecule has 1 rings (SSSR count). The highest BCUT2D eigenvalue weighted by Gasteiger charge is 2.17. The first-order valence-corrected chi connectivity index (χ1v) is 8.14. The van der Waals surface area contributed by atoms with Crippen molar-refractivity contribution in [3.8, 4) is 6.07 Å². The Morgan fingerprint density at radius 3 is 2.67 bits per heavy atom. The van der Waals surface area contributed by atoms with E-state index in [0.717, 1.165) is 6.54 Å². The van der Waals surface area contributed by atoms with E-state index in [1.54, 1.807) is 0 Å². The van der Waals surface area contributed by atoms with Gasteiger partial charge in [-0.1, -0.05) is 11.6 Å². The normalized spacial score (nSPS) is 11.6. The molecule has 21 heavy (non-hydrogen) atoms. The summed E-state index contributed by atoms with van der Waals surface area (Å²) in [6.45, 7) is 1.74. The van der Waals surface area contributed by atoms with Gasteiger partial charge in [0.05, 0.1) is 29.9 Å². The molecule has 1 N–H and O–H groups in total. The van der Waals surface area contributed by atoms with Crippen LogP contribution in [0.15, 0.2) is 23.1 Å². The summed E-state index contributed by atoms with van der Waals surface area (Å²) in [4.78, 5) is 1.93. The number of nitriles is 1. The van der Waals surface area contributed by atoms with Gasteiger partial charge in [0.25, 0.3) is 0 Å². The van der Waals surface area contributed by atoms with Crippen LogP contribution < -0.4 is 4.72 Å². The fraction of sp³-hybridized carbons (Fsp3) is 0.462. The Morgan fingerprint density at radius 1 is 1.38 bits per heavy atom. The summed E-state index contributed by atoms with van der Waals surface area (Å²) in [6, 6.07) is 5.95. The second kappa shape index (κ2) is 8.32. The predicted molar refractivity (Wildman–Crippen MR) is 80.7 cm³/mol. The number of nitrogens with one attached hydrogen (secondary N) is 1. The SMILES string of the molecule is CN(C)CCOCCNS(=O)(=O)c1ccc(C#N)cc1Cl. The van der Waals surface area contributed by atoms with Gasteiger partial charge in [0.2, 0.25) is 10.0 Å². The molecule has 0 spiro atoms. The molecule has 1 aromatic carbocycles. The fourth-order valence-corrected chi connectivity index (χ4v) is 3.02. The van der Waals surface area contributed by atoms with Crippen LogP contribution >= 0.6 is 11.6 Å². The van der Waals surface area contributed by atoms with Crippen molar-refractivity contribution in [2.24, 2.45) is 0 Å². The maximum Gasteiger partial charge on any atom is 0.242 e. The molecule has 8 heteroatoms. The van der Waals surface area contributed by atoms with E-state index < -0.39 is 10.0 Å². The van der Waals surface area contributed by atoms with Gasteiger partial charge in [0.15, 0.2) is 0 Å². The molecule has 116 valence electrons. The zero-order valence-electron chi connectivity index (χ0n) is 12.0. The third kappa shape index (κ3) is 5.99. The van der Waals surface area contributed by atoms with Crippen LogP contribution in [0.3, 0.4) is 0 Å². The molecule has 0 saturated carbocycles. The van der Waals surface area contributed by atoms with Crippen molar-refractivity contribution >= 4 is 21.6 Å². The average molecular weight is 332 g/mol. The van der Waals surface area contributed by atoms with Crippen LogP contribution in [0.5, 0.6) is 0 Å². The lowest BCUT2D eigenvalue weighted by molar-refractivity contribution is 0.122. The first-order chi connectivity index (χ1) is 9.86. The third-order valence-corrected chi connectivity index (χ3v) is 4.52. The Labute approximate surface area is 130 Å². The Kier molecular flexibility index (Phi) is 7.08. The topological polar surface area (TPSA) is 82.4 Å². The smallest absolute Gasteiger partial charge is 0.242 e. The minimum atomic E-state index is -3.70. The molecule has 0 fully saturated rings. The molecule has 0 aliphatic rings. The van der Waals surface area contributed by atoms with Gasteiger partial charge in [0.1, 0.15) is 4.90 Å². The Morgan fingerprint density at radius 2 is 2.10 bits per heavy atom. The minimum Gasteiger partial charge on any atom is -0.379 e. The van der Waals surface area contributed by atoms with Gasteiger partial charge in [-0.15, -0.1) is 0 Å². The molecule has 0 heterocycles. The van der Waals surface area contributed by atoms with Crippen LogP contribution in [0, 0.1) is 11.3 Å². The molecule has 6 nitrogen and oxygen atoms in total. The van der Waals surface area contributed by atoms with Gasteiger partial charge >= 0.3 is 0 Å². The van der Waals surface area contributed by atoms with Crippen LogP contribution in [0.1, 0.15) is 5.56 Å². The van der Waals surface area contributed by atoms with Gasteiger partial charge < -0.3 is 9.64 Å². The number of benzene rings is 1. The van der Waals surface area contributed by atoms with Crippen molar-refractivity contribution < 1.29 is 13.2 Å². The summed E-state index contributed by atoms with van der Waals surface area (Å²) in [7, 11) is 0.158. The van der Waals surface area contributed by atoms with Crippen molar-refractivity contribution in [2.45, 2.75) is 4.90 Å². The molecule has 0 aliphatic carbocycles. The number of hydrogen-bond donors (Lipinski definition) is 1. The maximum atomic E-state index is 12.1. The molecule has 0 aromatic heterocycles. The molecule has 0 radical (unpaired) electrons. The zero-order valence-corrected chi connectivity index (χ0v) is 13.5. The van der Waals surface area contributed by atoms with Crippen molar-refractivity contribution in [1.29, 1.82) is 5.26 Å². The van der Waals surface area contributed by atoms with Crippen LogP contribution in [-0.2, 0) is 14.8 Å². The monoisotopic (exact) mass is 331 g/mol. The van der Waals surface area contributed by atoms with Crippen LogP contribution in [-0.4, -0.2) is 53.7 Å². The van der Waals surface area contributed by atoms with Crippen molar-refractivity contribution in [3.05, 3.63) is 28.8 Å². The minimum absolute atomic E-state index is 0.0232. The van der Waals surface area contributed by atoms with E-state index >= 15 is 0 Å². The largest absolute Gasteiger partial charge is 0.379 e. The van der Waals surface area contributed by atoms with E-state index in [9.17, 15) is 8.42 Å². The van der Waals surface area contributed by atoms with Gasteiger partial charge in [-0.2, -0.15) is 5.26 Å². The molecule has 0 bridgehead atoms. The molecule has 0 atom stereocenters. The van der Waals surface area contributed by atoms with E-state index in [-0.39, 0.29) is 23.1 Å². The summed E-state index contributed by atoms with van der Waals surface area (Å²) >= 11 is 5.88. The molecule has 0 amide bonds. The predicted octanol–water partition coefficient (Wildman–Crippen LogP) is 1.07. The number of rotatable bonds is 8. The van der Waals surface area contributed by atoms with E-state index in [2.05, 4.69) is 4.72 Å². The van der Waals surface area contributed by atoms with Gasteiger partial charge in [0, 0.05) is 13.1 Å². The lowest BCUT2D eigenvalue weighted by atomic mass is 10.2. The van der Waals surface area contributed by atoms with E-state index in [1.807, 2.05) is 25.1 Å². The lowest BCUT2D eigenvalue weighted by Gasteiger charge is -2.11. The summed E-state index contributed by atoms with van der Waals surface area (Å²) in [5.41, 5.74) is 0.311. The molecule has 0 saturated heterocycles. The van der Waals surface area contributed by atoms with E-state index in [0.29, 0.717) is 12.2 Å². The van der Waals surface area contributed by atoms with E-state index in [1.165, 1.54) is 18.2 Å². The molecule has 0 unspecified atom stereocenters. The standard InChI is InChI=1S/C13H18ClN3O3S/c1-17(2)6-8-20-7-5-16-21(18,19)13-4-3-11(10-15)9-12(13)14/h3-4,9,16H,5-8H2,1-2H3. The fourth-order valence-electron chi connectivity index (χ4n) is 1.46. The van der Waals surface area contributed by atoms with Gasteiger partial charge in [-0.3, -0.25) is 0 Å². The zero-order chi connectivity index (χ0) is 15.9. The average Bonchev–Trinajstić information content (AvgIpc) is 2.41. The first-order valence-electron chi connectivity index (χ1n) is 6.28. The quantitative estimate of drug-likeness (QED) is 0.720. The second-order valence-electron chi connectivity index (χ2n) is 4.57.